The van der Waals surface area contributed by atoms with E-state index in [0.717, 1.165) is 0 Å². The lowest BCUT2D eigenvalue weighted by Gasteiger charge is -2.27. The van der Waals surface area contributed by atoms with E-state index in [0.29, 0.717) is 43.3 Å². The van der Waals surface area contributed by atoms with E-state index >= 15 is 0 Å². The topological polar surface area (TPSA) is 84.9 Å². The van der Waals surface area contributed by atoms with Crippen LogP contribution in [0.25, 0.3) is 0 Å². The lowest BCUT2D eigenvalue weighted by molar-refractivity contribution is 0.0302. The first kappa shape index (κ1) is 18.2. The molecule has 1 aliphatic rings. The van der Waals surface area contributed by atoms with Gasteiger partial charge in [0.05, 0.1) is 30.9 Å². The van der Waals surface area contributed by atoms with Crippen LogP contribution in [0.15, 0.2) is 53.4 Å². The first-order valence-corrected chi connectivity index (χ1v) is 9.62. The Balaban J connectivity index is 1.82. The minimum atomic E-state index is -3.83. The number of morpholine rings is 1. The molecule has 0 unspecified atom stereocenters. The number of methoxy groups -OCH3 is 1. The number of hydrogen-bond donors (Lipinski definition) is 1. The zero-order valence-corrected chi connectivity index (χ0v) is 15.2. The zero-order chi connectivity index (χ0) is 18.6. The molecule has 1 amide bonds. The highest BCUT2D eigenvalue weighted by molar-refractivity contribution is 7.92. The highest BCUT2D eigenvalue weighted by atomic mass is 32.2. The number of carbonyl (C=O) groups excluding carboxylic acids is 1. The molecule has 2 aromatic carbocycles. The highest BCUT2D eigenvalue weighted by Gasteiger charge is 2.21. The van der Waals surface area contributed by atoms with Crippen molar-refractivity contribution in [3.63, 3.8) is 0 Å². The maximum absolute atomic E-state index is 12.7. The summed E-state index contributed by atoms with van der Waals surface area (Å²) in [6.45, 7) is 1.97. The van der Waals surface area contributed by atoms with Gasteiger partial charge in [-0.05, 0) is 30.3 Å². The molecule has 1 saturated heterocycles. The summed E-state index contributed by atoms with van der Waals surface area (Å²) in [6.07, 6.45) is 0. The molecule has 8 heteroatoms. The largest absolute Gasteiger partial charge is 0.497 e. The SMILES string of the molecule is COc1cccc(NS(=O)(=O)c2cccc(C(=O)N3CCOCC3)c2)c1. The number of sulfonamides is 1. The highest BCUT2D eigenvalue weighted by Crippen LogP contribution is 2.21. The minimum absolute atomic E-state index is 0.0272. The second-order valence-corrected chi connectivity index (χ2v) is 7.45. The fraction of sp³-hybridized carbons (Fsp3) is 0.278. The molecular weight excluding hydrogens is 356 g/mol. The van der Waals surface area contributed by atoms with Gasteiger partial charge in [-0.1, -0.05) is 12.1 Å². The van der Waals surface area contributed by atoms with Crippen molar-refractivity contribution in [1.82, 2.24) is 4.90 Å². The molecule has 138 valence electrons. The molecule has 3 rings (SSSR count). The molecule has 1 heterocycles. The summed E-state index contributed by atoms with van der Waals surface area (Å²) >= 11 is 0. The summed E-state index contributed by atoms with van der Waals surface area (Å²) < 4.78 is 38.1. The summed E-state index contributed by atoms with van der Waals surface area (Å²) in [5.74, 6) is 0.341. The van der Waals surface area contributed by atoms with E-state index in [1.165, 1.54) is 19.2 Å². The van der Waals surface area contributed by atoms with E-state index in [9.17, 15) is 13.2 Å². The zero-order valence-electron chi connectivity index (χ0n) is 14.3. The van der Waals surface area contributed by atoms with Crippen molar-refractivity contribution in [2.24, 2.45) is 0 Å². The summed E-state index contributed by atoms with van der Waals surface area (Å²) in [4.78, 5) is 14.2. The van der Waals surface area contributed by atoms with Crippen molar-refractivity contribution < 1.29 is 22.7 Å². The van der Waals surface area contributed by atoms with Gasteiger partial charge >= 0.3 is 0 Å². The van der Waals surface area contributed by atoms with Crippen LogP contribution in [0.2, 0.25) is 0 Å². The van der Waals surface area contributed by atoms with Gasteiger partial charge in [-0.2, -0.15) is 0 Å². The number of carbonyl (C=O) groups is 1. The van der Waals surface area contributed by atoms with Crippen molar-refractivity contribution in [3.05, 3.63) is 54.1 Å². The quantitative estimate of drug-likeness (QED) is 0.862. The Morgan fingerprint density at radius 1 is 1.12 bits per heavy atom. The molecule has 7 nitrogen and oxygen atoms in total. The molecule has 0 atom stereocenters. The fourth-order valence-corrected chi connectivity index (χ4v) is 3.74. The van der Waals surface area contributed by atoms with Crippen LogP contribution in [-0.2, 0) is 14.8 Å². The van der Waals surface area contributed by atoms with E-state index in [1.807, 2.05) is 0 Å². The molecule has 0 bridgehead atoms. The normalized spacial score (nSPS) is 14.7. The number of rotatable bonds is 5. The van der Waals surface area contributed by atoms with E-state index in [1.54, 1.807) is 41.3 Å². The summed E-state index contributed by atoms with van der Waals surface area (Å²) in [5, 5.41) is 0. The van der Waals surface area contributed by atoms with E-state index in [4.69, 9.17) is 9.47 Å². The summed E-state index contributed by atoms with van der Waals surface area (Å²) in [7, 11) is -2.32. The second kappa shape index (κ2) is 7.76. The van der Waals surface area contributed by atoms with Crippen molar-refractivity contribution in [1.29, 1.82) is 0 Å². The molecule has 0 saturated carbocycles. The van der Waals surface area contributed by atoms with Crippen LogP contribution in [0.4, 0.5) is 5.69 Å². The molecular formula is C18H20N2O5S. The van der Waals surface area contributed by atoms with Crippen LogP contribution >= 0.6 is 0 Å². The molecule has 0 radical (unpaired) electrons. The molecule has 1 fully saturated rings. The molecule has 0 aromatic heterocycles. The van der Waals surface area contributed by atoms with Gasteiger partial charge in [0.1, 0.15) is 5.75 Å². The van der Waals surface area contributed by atoms with Gasteiger partial charge in [0.25, 0.3) is 15.9 Å². The average molecular weight is 376 g/mol. The maximum atomic E-state index is 12.7. The predicted molar refractivity (Wildman–Crippen MR) is 97.0 cm³/mol. The van der Waals surface area contributed by atoms with Crippen molar-refractivity contribution >= 4 is 21.6 Å². The Morgan fingerprint density at radius 2 is 1.85 bits per heavy atom. The Kier molecular flexibility index (Phi) is 5.43. The Bertz CT molecular complexity index is 892. The molecule has 0 spiro atoms. The van der Waals surface area contributed by atoms with Crippen molar-refractivity contribution in [2.45, 2.75) is 4.90 Å². The number of ether oxygens (including phenoxy) is 2. The van der Waals surface area contributed by atoms with Gasteiger partial charge in [-0.25, -0.2) is 8.42 Å². The lowest BCUT2D eigenvalue weighted by atomic mass is 10.2. The monoisotopic (exact) mass is 376 g/mol. The molecule has 1 aliphatic heterocycles. The van der Waals surface area contributed by atoms with Crippen LogP contribution in [0, 0.1) is 0 Å². The van der Waals surface area contributed by atoms with Gasteiger partial charge in [0.15, 0.2) is 0 Å². The van der Waals surface area contributed by atoms with E-state index in [2.05, 4.69) is 4.72 Å². The van der Waals surface area contributed by atoms with Crippen LogP contribution < -0.4 is 9.46 Å². The smallest absolute Gasteiger partial charge is 0.261 e. The molecule has 0 aliphatic carbocycles. The predicted octanol–water partition coefficient (Wildman–Crippen LogP) is 1.97. The fourth-order valence-electron chi connectivity index (χ4n) is 2.65. The summed E-state index contributed by atoms with van der Waals surface area (Å²) in [5.41, 5.74) is 0.717. The van der Waals surface area contributed by atoms with Crippen LogP contribution in [0.3, 0.4) is 0 Å². The van der Waals surface area contributed by atoms with Crippen LogP contribution in [-0.4, -0.2) is 52.6 Å². The Hall–Kier alpha value is -2.58. The number of amides is 1. The maximum Gasteiger partial charge on any atom is 0.261 e. The van der Waals surface area contributed by atoms with E-state index in [-0.39, 0.29) is 10.8 Å². The van der Waals surface area contributed by atoms with Gasteiger partial charge < -0.3 is 14.4 Å². The third-order valence-electron chi connectivity index (χ3n) is 4.01. The molecule has 2 aromatic rings. The Labute approximate surface area is 152 Å². The van der Waals surface area contributed by atoms with Gasteiger partial charge in [0, 0.05) is 24.7 Å². The molecule has 1 N–H and O–H groups in total. The van der Waals surface area contributed by atoms with Crippen LogP contribution in [0.1, 0.15) is 10.4 Å². The van der Waals surface area contributed by atoms with Gasteiger partial charge in [0.2, 0.25) is 0 Å². The third-order valence-corrected chi connectivity index (χ3v) is 5.39. The van der Waals surface area contributed by atoms with E-state index < -0.39 is 10.0 Å². The minimum Gasteiger partial charge on any atom is -0.497 e. The first-order valence-electron chi connectivity index (χ1n) is 8.13. The number of hydrogen-bond acceptors (Lipinski definition) is 5. The van der Waals surface area contributed by atoms with Crippen molar-refractivity contribution in [2.75, 3.05) is 38.1 Å². The number of nitrogens with one attached hydrogen (secondary N) is 1. The lowest BCUT2D eigenvalue weighted by Crippen LogP contribution is -2.40. The third kappa shape index (κ3) is 4.14. The Morgan fingerprint density at radius 3 is 2.58 bits per heavy atom. The van der Waals surface area contributed by atoms with Crippen LogP contribution in [0.5, 0.6) is 5.75 Å². The number of benzene rings is 2. The van der Waals surface area contributed by atoms with Crippen molar-refractivity contribution in [3.8, 4) is 5.75 Å². The average Bonchev–Trinajstić information content (AvgIpc) is 2.68. The second-order valence-electron chi connectivity index (χ2n) is 5.77. The molecule has 26 heavy (non-hydrogen) atoms. The van der Waals surface area contributed by atoms with Gasteiger partial charge in [-0.15, -0.1) is 0 Å². The number of nitrogens with zero attached hydrogens (tertiary/aromatic N) is 1. The first-order chi connectivity index (χ1) is 12.5. The number of anilines is 1. The van der Waals surface area contributed by atoms with Gasteiger partial charge in [-0.3, -0.25) is 9.52 Å². The standard InChI is InChI=1S/C18H20N2O5S/c1-24-16-6-3-5-15(13-16)19-26(22,23)17-7-2-4-14(12-17)18(21)20-8-10-25-11-9-20/h2-7,12-13,19H,8-11H2,1H3. The summed E-state index contributed by atoms with van der Waals surface area (Å²) in [6, 6.07) is 12.6.